The van der Waals surface area contributed by atoms with Crippen molar-refractivity contribution < 1.29 is 32.1 Å². The van der Waals surface area contributed by atoms with Crippen LogP contribution in [-0.4, -0.2) is 29.2 Å². The van der Waals surface area contributed by atoms with Crippen molar-refractivity contribution in [2.45, 2.75) is 6.54 Å². The molecule has 0 aliphatic heterocycles. The zero-order valence-electron chi connectivity index (χ0n) is 11.9. The number of aromatic hydroxyl groups is 2. The number of amides is 1. The molecule has 0 saturated heterocycles. The average molecular weight is 341 g/mol. The number of hydrogen-bond acceptors (Lipinski definition) is 4. The Balaban J connectivity index is 0.00000242. The molecule has 0 unspecified atom stereocenters. The van der Waals surface area contributed by atoms with Crippen LogP contribution in [0.3, 0.4) is 0 Å². The maximum absolute atomic E-state index is 11.8. The van der Waals surface area contributed by atoms with Crippen LogP contribution in [0.25, 0.3) is 0 Å². The Hall–Kier alpha value is -2.01. The van der Waals surface area contributed by atoms with Gasteiger partial charge in [0.1, 0.15) is 11.5 Å². The number of carbonyl (C=O) groups excluding carboxylic acids is 1. The second-order valence-corrected chi connectivity index (χ2v) is 4.58. The van der Waals surface area contributed by atoms with Crippen molar-refractivity contribution in [3.63, 3.8) is 0 Å². The standard InChI is InChI=1S/C16H18N2O3.Mn/c19-14-7-3-1-5-12(14)11-17-9-10-18-16(21)13-6-2-4-8-15(13)20;/h1-8,17,19-20H,9-11H2,(H,18,21);. The summed E-state index contributed by atoms with van der Waals surface area (Å²) in [7, 11) is 0. The number of hydrogen-bond donors (Lipinski definition) is 4. The van der Waals surface area contributed by atoms with Crippen molar-refractivity contribution >= 4 is 5.91 Å². The van der Waals surface area contributed by atoms with Crippen LogP contribution in [0.5, 0.6) is 11.5 Å². The fourth-order valence-corrected chi connectivity index (χ4v) is 1.91. The summed E-state index contributed by atoms with van der Waals surface area (Å²) in [6.45, 7) is 1.52. The van der Waals surface area contributed by atoms with E-state index in [1.54, 1.807) is 30.3 Å². The van der Waals surface area contributed by atoms with E-state index in [-0.39, 0.29) is 40.0 Å². The van der Waals surface area contributed by atoms with Gasteiger partial charge in [-0.1, -0.05) is 30.3 Å². The van der Waals surface area contributed by atoms with Crippen LogP contribution in [0.2, 0.25) is 0 Å². The van der Waals surface area contributed by atoms with Crippen molar-refractivity contribution in [3.8, 4) is 11.5 Å². The van der Waals surface area contributed by atoms with Crippen molar-refractivity contribution in [2.24, 2.45) is 0 Å². The summed E-state index contributed by atoms with van der Waals surface area (Å²) in [6, 6.07) is 13.5. The molecule has 0 atom stereocenters. The van der Waals surface area contributed by atoms with Crippen molar-refractivity contribution in [3.05, 3.63) is 59.7 Å². The molecule has 0 saturated carbocycles. The van der Waals surface area contributed by atoms with Gasteiger partial charge < -0.3 is 20.8 Å². The molecule has 0 aliphatic carbocycles. The predicted molar refractivity (Wildman–Crippen MR) is 80.3 cm³/mol. The van der Waals surface area contributed by atoms with Crippen LogP contribution in [0.1, 0.15) is 15.9 Å². The molecule has 0 heterocycles. The van der Waals surface area contributed by atoms with E-state index in [0.717, 1.165) is 5.56 Å². The van der Waals surface area contributed by atoms with Crippen LogP contribution < -0.4 is 10.6 Å². The summed E-state index contributed by atoms with van der Waals surface area (Å²) in [6.07, 6.45) is 0. The Bertz CT molecular complexity index is 620. The minimum Gasteiger partial charge on any atom is -0.508 e. The van der Waals surface area contributed by atoms with Crippen molar-refractivity contribution in [2.75, 3.05) is 13.1 Å². The number of phenols is 2. The van der Waals surface area contributed by atoms with Gasteiger partial charge in [0.25, 0.3) is 5.91 Å². The van der Waals surface area contributed by atoms with E-state index >= 15 is 0 Å². The monoisotopic (exact) mass is 341 g/mol. The zero-order chi connectivity index (χ0) is 15.1. The molecule has 0 spiro atoms. The van der Waals surface area contributed by atoms with Gasteiger partial charge in [-0.25, -0.2) is 0 Å². The van der Waals surface area contributed by atoms with Gasteiger partial charge in [0, 0.05) is 42.3 Å². The fraction of sp³-hybridized carbons (Fsp3) is 0.188. The van der Waals surface area contributed by atoms with Gasteiger partial charge in [-0.05, 0) is 18.2 Å². The van der Waals surface area contributed by atoms with Gasteiger partial charge in [0.05, 0.1) is 5.56 Å². The molecule has 2 rings (SSSR count). The average Bonchev–Trinajstić information content (AvgIpc) is 2.49. The van der Waals surface area contributed by atoms with Crippen LogP contribution in [0.15, 0.2) is 48.5 Å². The van der Waals surface area contributed by atoms with E-state index < -0.39 is 0 Å². The Morgan fingerprint density at radius 3 is 2.23 bits per heavy atom. The first kappa shape index (κ1) is 18.0. The second kappa shape index (κ2) is 9.10. The third-order valence-electron chi connectivity index (χ3n) is 3.04. The van der Waals surface area contributed by atoms with E-state index in [1.165, 1.54) is 6.07 Å². The van der Waals surface area contributed by atoms with E-state index in [2.05, 4.69) is 10.6 Å². The number of rotatable bonds is 6. The quantitative estimate of drug-likeness (QED) is 0.475. The van der Waals surface area contributed by atoms with Gasteiger partial charge in [0.15, 0.2) is 0 Å². The molecule has 1 amide bonds. The normalized spacial score (nSPS) is 9.82. The van der Waals surface area contributed by atoms with E-state index in [0.29, 0.717) is 19.6 Å². The minimum absolute atomic E-state index is 0. The van der Waals surface area contributed by atoms with Gasteiger partial charge in [-0.3, -0.25) is 4.79 Å². The number of nitrogens with one attached hydrogen (secondary N) is 2. The van der Waals surface area contributed by atoms with E-state index in [9.17, 15) is 15.0 Å². The van der Waals surface area contributed by atoms with E-state index in [1.807, 2.05) is 12.1 Å². The molecule has 2 aromatic rings. The maximum atomic E-state index is 11.8. The molecule has 0 fully saturated rings. The summed E-state index contributed by atoms with van der Waals surface area (Å²) in [5.74, 6) is -0.0853. The molecular weight excluding hydrogens is 323 g/mol. The smallest absolute Gasteiger partial charge is 0.255 e. The van der Waals surface area contributed by atoms with Gasteiger partial charge in [0.2, 0.25) is 0 Å². The number of para-hydroxylation sites is 2. The summed E-state index contributed by atoms with van der Waals surface area (Å²) < 4.78 is 0. The molecule has 4 N–H and O–H groups in total. The number of benzene rings is 2. The first-order valence-electron chi connectivity index (χ1n) is 6.72. The summed E-state index contributed by atoms with van der Waals surface area (Å²) in [4.78, 5) is 11.8. The fourth-order valence-electron chi connectivity index (χ4n) is 1.91. The minimum atomic E-state index is -0.308. The molecule has 0 bridgehead atoms. The Labute approximate surface area is 139 Å². The molecule has 1 radical (unpaired) electrons. The first-order valence-corrected chi connectivity index (χ1v) is 6.72. The SMILES string of the molecule is O=C(NCCNCc1ccccc1O)c1ccccc1O.[Mn]. The zero-order valence-corrected chi connectivity index (χ0v) is 13.1. The van der Waals surface area contributed by atoms with Crippen LogP contribution >= 0.6 is 0 Å². The van der Waals surface area contributed by atoms with Crippen LogP contribution in [0, 0.1) is 0 Å². The Morgan fingerprint density at radius 2 is 1.55 bits per heavy atom. The number of phenolic OH excluding ortho intramolecular Hbond substituents is 2. The third-order valence-corrected chi connectivity index (χ3v) is 3.04. The summed E-state index contributed by atoms with van der Waals surface area (Å²) in [5.41, 5.74) is 1.07. The van der Waals surface area contributed by atoms with Crippen molar-refractivity contribution in [1.82, 2.24) is 10.6 Å². The molecule has 0 aromatic heterocycles. The molecule has 2 aromatic carbocycles. The molecule has 6 heteroatoms. The predicted octanol–water partition coefficient (Wildman–Crippen LogP) is 1.61. The van der Waals surface area contributed by atoms with Gasteiger partial charge in [-0.2, -0.15) is 0 Å². The van der Waals surface area contributed by atoms with E-state index in [4.69, 9.17) is 0 Å². The Kier molecular flexibility index (Phi) is 7.46. The van der Waals surface area contributed by atoms with Crippen LogP contribution in [-0.2, 0) is 23.6 Å². The molecular formula is C16H18MnN2O3. The maximum Gasteiger partial charge on any atom is 0.255 e. The number of carbonyl (C=O) groups is 1. The first-order chi connectivity index (χ1) is 10.2. The largest absolute Gasteiger partial charge is 0.508 e. The third kappa shape index (κ3) is 5.07. The summed E-state index contributed by atoms with van der Waals surface area (Å²) in [5, 5.41) is 25.0. The summed E-state index contributed by atoms with van der Waals surface area (Å²) >= 11 is 0. The molecule has 117 valence electrons. The molecule has 22 heavy (non-hydrogen) atoms. The van der Waals surface area contributed by atoms with Crippen LogP contribution in [0.4, 0.5) is 0 Å². The van der Waals surface area contributed by atoms with Crippen molar-refractivity contribution in [1.29, 1.82) is 0 Å². The van der Waals surface area contributed by atoms with Gasteiger partial charge >= 0.3 is 0 Å². The second-order valence-electron chi connectivity index (χ2n) is 4.58. The molecule has 0 aliphatic rings. The Morgan fingerprint density at radius 1 is 0.909 bits per heavy atom. The van der Waals surface area contributed by atoms with Gasteiger partial charge in [-0.15, -0.1) is 0 Å². The topological polar surface area (TPSA) is 81.6 Å². The molecule has 5 nitrogen and oxygen atoms in total.